The van der Waals surface area contributed by atoms with E-state index in [4.69, 9.17) is 28.3 Å². The van der Waals surface area contributed by atoms with Crippen molar-refractivity contribution in [3.8, 4) is 34.4 Å². The number of rotatable bonds is 19. The number of aromatic nitrogens is 4. The van der Waals surface area contributed by atoms with Crippen LogP contribution >= 0.6 is 35.6 Å². The van der Waals surface area contributed by atoms with Gasteiger partial charge >= 0.3 is 11.9 Å². The van der Waals surface area contributed by atoms with Gasteiger partial charge in [0.05, 0.1) is 46.6 Å². The molecule has 106 heavy (non-hydrogen) atoms. The summed E-state index contributed by atoms with van der Waals surface area (Å²) in [6, 6.07) is 34.0. The van der Waals surface area contributed by atoms with E-state index in [2.05, 4.69) is 69.6 Å². The SMILES string of the molecule is Cc1cc(/C=C/c2nccc(-c3cccc(NC(=O)c4ccc(CN5CC[C@@H](O)C5)cn4)c3C)c2C#N)c(Cl)cc1C=O.Cc1cc(/C=C/c2nccc(-c3cccc(NC(=O)c4ccc(CN5CC[C@@H](O)C5)cn4)c3C)c2C#N)c(Cl)cc1CN1CC2(CC(C(=O)O)C2)C1.Cl.O=C(O)C1CC2(CNC2)C1. The highest BCUT2D eigenvalue weighted by Gasteiger charge is 2.54. The van der Waals surface area contributed by atoms with Crippen LogP contribution < -0.4 is 16.0 Å². The van der Waals surface area contributed by atoms with Gasteiger partial charge in [0, 0.05) is 135 Å². The van der Waals surface area contributed by atoms with Gasteiger partial charge in [0.15, 0.2) is 0 Å². The minimum atomic E-state index is -0.683. The molecule has 2 spiro atoms. The number of hydrogen-bond acceptors (Lipinski definition) is 17. The summed E-state index contributed by atoms with van der Waals surface area (Å²) < 4.78 is 0. The van der Waals surface area contributed by atoms with Crippen molar-refractivity contribution in [1.29, 1.82) is 10.5 Å². The second-order valence-electron chi connectivity index (χ2n) is 28.7. The summed E-state index contributed by atoms with van der Waals surface area (Å²) in [5.74, 6) is -2.20. The highest BCUT2D eigenvalue weighted by Crippen LogP contribution is 2.52. The van der Waals surface area contributed by atoms with Gasteiger partial charge in [-0.05, 0) is 205 Å². The summed E-state index contributed by atoms with van der Waals surface area (Å²) in [5, 5.41) is 67.9. The van der Waals surface area contributed by atoms with Gasteiger partial charge in [-0.2, -0.15) is 10.5 Å². The molecule has 4 aromatic heterocycles. The van der Waals surface area contributed by atoms with Gasteiger partial charge in [0.1, 0.15) is 29.8 Å². The standard InChI is InChI=1S/C41H41ClN6O4.C34H30ClN5O3.C7H11NO2.ClH/c1-25-14-28(35(42)15-29(25)21-48-23-41(24-48)16-30(17-41)40(51)52)7-9-37-34(18-43)33(10-12-44-37)32-4-3-5-36(26(32)2)46-39(50)38-8-6-27(19-45-38)20-47-13-11-31(49)22-47;1-21-14-24(30(35)15-25(21)20-41)7-9-32-29(16-36)28(10-12-37-32)27-4-3-5-31(22(27)2)39-34(43)33-8-6-23(17-38-33)18-40-13-11-26(42)19-40;9-6(10)5-1-7(2-5)3-8-4-7;/h3-10,12,14-15,19,30-31,49H,11,13,16-17,20-24H2,1-2H3,(H,46,50)(H,51,52);3-10,12,14-15,17,20,26,42H,11,13,18-19H2,1-2H3,(H,39,43);5,8H,1-4H2,(H,9,10);1H/b2*9-7+;;/t31-;26-;;/m11../s1. The first-order chi connectivity index (χ1) is 50.5. The molecule has 6 aliphatic rings. The Morgan fingerprint density at radius 2 is 1.04 bits per heavy atom. The highest BCUT2D eigenvalue weighted by atomic mass is 35.5. The molecule has 24 heteroatoms. The third kappa shape index (κ3) is 17.8. The lowest BCUT2D eigenvalue weighted by Crippen LogP contribution is -2.62. The van der Waals surface area contributed by atoms with Crippen molar-refractivity contribution in [2.75, 3.05) is 63.0 Å². The molecular weight excluding hydrogens is 1400 g/mol. The molecule has 546 valence electrons. The average Bonchev–Trinajstić information content (AvgIpc) is 0.853. The van der Waals surface area contributed by atoms with Crippen LogP contribution in [0.4, 0.5) is 11.4 Å². The van der Waals surface area contributed by atoms with Crippen LogP contribution in [0.1, 0.15) is 142 Å². The second-order valence-corrected chi connectivity index (χ2v) is 29.5. The Bertz CT molecular complexity index is 4800. The van der Waals surface area contributed by atoms with E-state index in [0.29, 0.717) is 109 Å². The molecule has 2 atom stereocenters. The Morgan fingerprint density at radius 3 is 1.44 bits per heavy atom. The van der Waals surface area contributed by atoms with E-state index in [1.807, 2.05) is 93.6 Å². The van der Waals surface area contributed by atoms with Crippen LogP contribution in [0.3, 0.4) is 0 Å². The number of aliphatic hydroxyl groups is 2. The molecule has 8 heterocycles. The number of aliphatic carboxylic acids is 2. The predicted octanol–water partition coefficient (Wildman–Crippen LogP) is 13.2. The quantitative estimate of drug-likeness (QED) is 0.0370. The number of nitriles is 2. The minimum absolute atomic E-state index is 0. The van der Waals surface area contributed by atoms with E-state index in [0.717, 1.165) is 146 Å². The smallest absolute Gasteiger partial charge is 0.306 e. The number of benzene rings is 4. The van der Waals surface area contributed by atoms with Crippen molar-refractivity contribution in [3.05, 3.63) is 221 Å². The zero-order chi connectivity index (χ0) is 74.3. The summed E-state index contributed by atoms with van der Waals surface area (Å²) in [6.45, 7) is 16.7. The molecule has 14 rings (SSSR count). The molecular formula is C82H83Cl3N12O9. The number of aryl methyl sites for hydroxylation is 2. The van der Waals surface area contributed by atoms with E-state index in [-0.39, 0.29) is 53.7 Å². The Kier molecular flexibility index (Phi) is 24.6. The highest BCUT2D eigenvalue weighted by molar-refractivity contribution is 6.32. The van der Waals surface area contributed by atoms with Gasteiger partial charge in [-0.25, -0.2) is 0 Å². The Labute approximate surface area is 632 Å². The number of carboxylic acid groups (broad SMARTS) is 2. The zero-order valence-corrected chi connectivity index (χ0v) is 61.6. The van der Waals surface area contributed by atoms with Crippen molar-refractivity contribution >= 4 is 101 Å². The van der Waals surface area contributed by atoms with Crippen molar-refractivity contribution in [2.45, 2.75) is 98.1 Å². The van der Waals surface area contributed by atoms with Crippen molar-refractivity contribution in [2.24, 2.45) is 22.7 Å². The molecule has 4 saturated heterocycles. The van der Waals surface area contributed by atoms with Crippen LogP contribution in [0.15, 0.2) is 122 Å². The summed E-state index contributed by atoms with van der Waals surface area (Å²) in [4.78, 5) is 83.5. The number of halogens is 3. The van der Waals surface area contributed by atoms with Gasteiger partial charge in [0.25, 0.3) is 11.8 Å². The Balaban J connectivity index is 0.000000187. The van der Waals surface area contributed by atoms with Gasteiger partial charge in [-0.15, -0.1) is 12.4 Å². The molecule has 2 saturated carbocycles. The van der Waals surface area contributed by atoms with E-state index < -0.39 is 11.9 Å². The molecule has 0 unspecified atom stereocenters. The predicted molar refractivity (Wildman–Crippen MR) is 411 cm³/mol. The van der Waals surface area contributed by atoms with Crippen molar-refractivity contribution < 1.29 is 44.4 Å². The first kappa shape index (κ1) is 77.2. The average molecular weight is 1490 g/mol. The van der Waals surface area contributed by atoms with Gasteiger partial charge in [-0.1, -0.05) is 77.8 Å². The lowest BCUT2D eigenvalue weighted by Gasteiger charge is -2.58. The van der Waals surface area contributed by atoms with E-state index >= 15 is 0 Å². The number of carbonyl (C=O) groups is 5. The summed E-state index contributed by atoms with van der Waals surface area (Å²) in [7, 11) is 0. The fraction of sp³-hybridized carbons (Fsp3) is 0.329. The maximum Gasteiger partial charge on any atom is 0.306 e. The molecule has 2 aliphatic carbocycles. The number of nitrogens with one attached hydrogen (secondary N) is 3. The van der Waals surface area contributed by atoms with Crippen LogP contribution in [0, 0.1) is 73.0 Å². The molecule has 7 N–H and O–H groups in total. The number of amides is 2. The molecule has 4 aromatic carbocycles. The van der Waals surface area contributed by atoms with E-state index in [9.17, 15) is 49.8 Å². The van der Waals surface area contributed by atoms with Crippen LogP contribution in [0.5, 0.6) is 0 Å². The number of likely N-dealkylation sites (tertiary alicyclic amines) is 3. The van der Waals surface area contributed by atoms with Gasteiger partial charge in [0.2, 0.25) is 0 Å². The maximum atomic E-state index is 13.2. The topological polar surface area (TPSA) is 311 Å². The number of hydrogen-bond donors (Lipinski definition) is 7. The molecule has 4 aliphatic heterocycles. The van der Waals surface area contributed by atoms with E-state index in [1.54, 1.807) is 73.3 Å². The zero-order valence-electron chi connectivity index (χ0n) is 59.3. The molecule has 0 radical (unpaired) electrons. The number of carboxylic acids is 2. The number of carbonyl (C=O) groups excluding carboxylic acids is 3. The van der Waals surface area contributed by atoms with Crippen LogP contribution in [-0.2, 0) is 29.2 Å². The largest absolute Gasteiger partial charge is 0.481 e. The van der Waals surface area contributed by atoms with Crippen molar-refractivity contribution in [1.82, 2.24) is 40.0 Å². The maximum absolute atomic E-state index is 13.2. The second kappa shape index (κ2) is 33.7. The fourth-order valence-electron chi connectivity index (χ4n) is 15.1. The normalized spacial score (nSPS) is 18.5. The summed E-state index contributed by atoms with van der Waals surface area (Å²) in [5.41, 5.74) is 15.7. The van der Waals surface area contributed by atoms with Crippen LogP contribution in [0.2, 0.25) is 10.0 Å². The minimum Gasteiger partial charge on any atom is -0.481 e. The first-order valence-electron chi connectivity index (χ1n) is 35.1. The molecule has 2 amide bonds. The number of pyridine rings is 4. The lowest BCUT2D eigenvalue weighted by molar-refractivity contribution is -0.161. The molecule has 6 fully saturated rings. The van der Waals surface area contributed by atoms with Gasteiger partial charge < -0.3 is 36.4 Å². The molecule has 8 aromatic rings. The fourth-order valence-corrected chi connectivity index (χ4v) is 15.6. The number of β-amino-alcohol motifs (C(OH)–C–C–N with tert-alkyl or cyclic N) is 2. The van der Waals surface area contributed by atoms with Crippen LogP contribution in [-0.4, -0.2) is 150 Å². The third-order valence-electron chi connectivity index (χ3n) is 21.1. The van der Waals surface area contributed by atoms with Crippen molar-refractivity contribution in [3.63, 3.8) is 0 Å². The Morgan fingerprint density at radius 1 is 0.575 bits per heavy atom. The molecule has 0 bridgehead atoms. The number of aldehydes is 1. The van der Waals surface area contributed by atoms with Crippen LogP contribution in [0.25, 0.3) is 46.6 Å². The monoisotopic (exact) mass is 1480 g/mol. The third-order valence-corrected chi connectivity index (χ3v) is 21.7. The number of nitrogens with zero attached hydrogens (tertiary/aromatic N) is 9. The summed E-state index contributed by atoms with van der Waals surface area (Å²) in [6.07, 6.45) is 18.9. The van der Waals surface area contributed by atoms with Gasteiger partial charge in [-0.3, -0.25) is 58.6 Å². The number of aliphatic hydroxyl groups excluding tert-OH is 2. The lowest BCUT2D eigenvalue weighted by atomic mass is 9.57. The van der Waals surface area contributed by atoms with E-state index in [1.165, 1.54) is 0 Å². The number of anilines is 2. The Hall–Kier alpha value is -9.88. The summed E-state index contributed by atoms with van der Waals surface area (Å²) >= 11 is 13.1. The first-order valence-corrected chi connectivity index (χ1v) is 35.9. The molecule has 21 nitrogen and oxygen atoms in total.